The molecule has 5 nitrogen and oxygen atoms in total. The molecule has 1 fully saturated rings. The molecule has 0 bridgehead atoms. The van der Waals surface area contributed by atoms with Crippen molar-refractivity contribution in [3.05, 3.63) is 0 Å². The normalized spacial score (nSPS) is 22.4. The molecule has 0 saturated carbocycles. The van der Waals surface area contributed by atoms with Gasteiger partial charge in [-0.15, -0.1) is 0 Å². The highest BCUT2D eigenvalue weighted by atomic mass is 32.2. The van der Waals surface area contributed by atoms with E-state index in [1.165, 1.54) is 7.11 Å². The predicted molar refractivity (Wildman–Crippen MR) is 77.1 cm³/mol. The van der Waals surface area contributed by atoms with Gasteiger partial charge in [-0.05, 0) is 5.92 Å². The molecule has 0 aliphatic carbocycles. The number of thioether (sulfide) groups is 1. The maximum atomic E-state index is 12.0. The Hall–Kier alpha value is -0.750. The van der Waals surface area contributed by atoms with Crippen LogP contribution in [0.2, 0.25) is 0 Å². The fourth-order valence-corrected chi connectivity index (χ4v) is 2.95. The molecule has 6 heteroatoms. The lowest BCUT2D eigenvalue weighted by Crippen LogP contribution is -2.48. The first-order chi connectivity index (χ1) is 9.08. The summed E-state index contributed by atoms with van der Waals surface area (Å²) in [4.78, 5) is 23.7. The number of ether oxygens (including phenoxy) is 1. The Morgan fingerprint density at radius 3 is 2.79 bits per heavy atom. The number of carbonyl (C=O) groups excluding carboxylic acids is 2. The number of methoxy groups -OCH3 is 1. The lowest BCUT2D eigenvalue weighted by atomic mass is 9.99. The molecule has 1 aliphatic rings. The van der Waals surface area contributed by atoms with Crippen LogP contribution in [0.1, 0.15) is 26.7 Å². The number of hydrogen-bond donors (Lipinski definition) is 2. The average Bonchev–Trinajstić information content (AvgIpc) is 2.44. The molecule has 1 heterocycles. The number of hydrogen-bond acceptors (Lipinski definition) is 5. The van der Waals surface area contributed by atoms with Crippen LogP contribution in [-0.4, -0.2) is 49.1 Å². The lowest BCUT2D eigenvalue weighted by Gasteiger charge is -2.25. The summed E-state index contributed by atoms with van der Waals surface area (Å²) in [6, 6.07) is -0.340. The van der Waals surface area contributed by atoms with Crippen molar-refractivity contribution in [2.75, 3.05) is 25.2 Å². The van der Waals surface area contributed by atoms with Gasteiger partial charge in [0, 0.05) is 30.5 Å². The van der Waals surface area contributed by atoms with Crippen molar-refractivity contribution in [2.24, 2.45) is 5.92 Å². The second-order valence-corrected chi connectivity index (χ2v) is 6.03. The fraction of sp³-hybridized carbons (Fsp3) is 0.846. The minimum absolute atomic E-state index is 0.0742. The molecule has 1 amide bonds. The van der Waals surface area contributed by atoms with E-state index in [0.717, 1.165) is 24.5 Å². The van der Waals surface area contributed by atoms with E-state index in [1.54, 1.807) is 0 Å². The smallest absolute Gasteiger partial charge is 0.328 e. The van der Waals surface area contributed by atoms with Crippen LogP contribution < -0.4 is 10.6 Å². The molecule has 0 aromatic heterocycles. The predicted octanol–water partition coefficient (Wildman–Crippen LogP) is 0.785. The highest BCUT2D eigenvalue weighted by molar-refractivity contribution is 7.99. The lowest BCUT2D eigenvalue weighted by molar-refractivity contribution is -0.146. The maximum absolute atomic E-state index is 12.0. The molecule has 3 atom stereocenters. The molecule has 0 spiro atoms. The first kappa shape index (κ1) is 16.3. The van der Waals surface area contributed by atoms with E-state index in [0.29, 0.717) is 6.42 Å². The summed E-state index contributed by atoms with van der Waals surface area (Å²) >= 11 is 1.85. The van der Waals surface area contributed by atoms with Crippen LogP contribution in [-0.2, 0) is 14.3 Å². The monoisotopic (exact) mass is 288 g/mol. The average molecular weight is 288 g/mol. The third-order valence-corrected chi connectivity index (χ3v) is 4.55. The number of nitrogens with one attached hydrogen (secondary N) is 2. The zero-order valence-electron chi connectivity index (χ0n) is 11.9. The van der Waals surface area contributed by atoms with Crippen LogP contribution in [0.15, 0.2) is 0 Å². The minimum Gasteiger partial charge on any atom is -0.467 e. The fourth-order valence-electron chi connectivity index (χ4n) is 2.00. The van der Waals surface area contributed by atoms with Gasteiger partial charge in [0.2, 0.25) is 5.91 Å². The van der Waals surface area contributed by atoms with E-state index in [-0.39, 0.29) is 23.8 Å². The molecule has 0 aromatic carbocycles. The second-order valence-electron chi connectivity index (χ2n) is 4.88. The topological polar surface area (TPSA) is 67.4 Å². The van der Waals surface area contributed by atoms with Crippen LogP contribution in [0, 0.1) is 5.92 Å². The van der Waals surface area contributed by atoms with Gasteiger partial charge in [0.15, 0.2) is 0 Å². The largest absolute Gasteiger partial charge is 0.467 e. The van der Waals surface area contributed by atoms with Gasteiger partial charge in [0.05, 0.1) is 7.11 Å². The SMILES string of the molecule is CCC(C)C(NC(=O)CC1CSCCN1)C(=O)OC. The summed E-state index contributed by atoms with van der Waals surface area (Å²) in [5.41, 5.74) is 0. The molecule has 1 rings (SSSR count). The molecule has 19 heavy (non-hydrogen) atoms. The van der Waals surface area contributed by atoms with Crippen LogP contribution in [0.3, 0.4) is 0 Å². The Bertz CT molecular complexity index is 306. The highest BCUT2D eigenvalue weighted by Gasteiger charge is 2.27. The van der Waals surface area contributed by atoms with Gasteiger partial charge in [0.25, 0.3) is 0 Å². The molecule has 1 saturated heterocycles. The molecule has 0 aromatic rings. The first-order valence-corrected chi connectivity index (χ1v) is 7.92. The van der Waals surface area contributed by atoms with Crippen LogP contribution in [0.5, 0.6) is 0 Å². The molecular formula is C13H24N2O3S. The van der Waals surface area contributed by atoms with Crippen molar-refractivity contribution in [1.82, 2.24) is 10.6 Å². The van der Waals surface area contributed by atoms with Crippen molar-refractivity contribution in [3.63, 3.8) is 0 Å². The van der Waals surface area contributed by atoms with Gasteiger partial charge >= 0.3 is 5.97 Å². The van der Waals surface area contributed by atoms with Gasteiger partial charge < -0.3 is 15.4 Å². The third-order valence-electron chi connectivity index (χ3n) is 3.41. The summed E-state index contributed by atoms with van der Waals surface area (Å²) in [5, 5.41) is 6.11. The Kier molecular flexibility index (Phi) is 7.23. The van der Waals surface area contributed by atoms with Gasteiger partial charge in [-0.2, -0.15) is 11.8 Å². The summed E-state index contributed by atoms with van der Waals surface area (Å²) in [7, 11) is 1.35. The summed E-state index contributed by atoms with van der Waals surface area (Å²) in [6.07, 6.45) is 1.23. The van der Waals surface area contributed by atoms with Gasteiger partial charge in [-0.25, -0.2) is 4.79 Å². The zero-order valence-corrected chi connectivity index (χ0v) is 12.7. The number of carbonyl (C=O) groups is 2. The van der Waals surface area contributed by atoms with Gasteiger partial charge in [-0.1, -0.05) is 20.3 Å². The van der Waals surface area contributed by atoms with E-state index in [1.807, 2.05) is 25.6 Å². The summed E-state index contributed by atoms with van der Waals surface area (Å²) in [6.45, 7) is 4.87. The van der Waals surface area contributed by atoms with Gasteiger partial charge in [0.1, 0.15) is 6.04 Å². The van der Waals surface area contributed by atoms with Crippen LogP contribution in [0.4, 0.5) is 0 Å². The Balaban J connectivity index is 2.48. The van der Waals surface area contributed by atoms with Crippen molar-refractivity contribution in [3.8, 4) is 0 Å². The number of amides is 1. The van der Waals surface area contributed by atoms with E-state index in [9.17, 15) is 9.59 Å². The Labute approximate surface area is 119 Å². The Morgan fingerprint density at radius 1 is 1.53 bits per heavy atom. The van der Waals surface area contributed by atoms with Crippen LogP contribution >= 0.6 is 11.8 Å². The second kappa shape index (κ2) is 8.43. The molecule has 110 valence electrons. The third kappa shape index (κ3) is 5.40. The molecular weight excluding hydrogens is 264 g/mol. The van der Waals surface area contributed by atoms with Crippen molar-refractivity contribution in [1.29, 1.82) is 0 Å². The summed E-state index contributed by atoms with van der Waals surface area (Å²) < 4.78 is 4.75. The maximum Gasteiger partial charge on any atom is 0.328 e. The number of rotatable bonds is 6. The van der Waals surface area contributed by atoms with Crippen molar-refractivity contribution >= 4 is 23.6 Å². The Morgan fingerprint density at radius 2 is 2.26 bits per heavy atom. The van der Waals surface area contributed by atoms with Crippen molar-refractivity contribution < 1.29 is 14.3 Å². The first-order valence-electron chi connectivity index (χ1n) is 6.76. The zero-order chi connectivity index (χ0) is 14.3. The highest BCUT2D eigenvalue weighted by Crippen LogP contribution is 2.12. The standard InChI is InChI=1S/C13H24N2O3S/c1-4-9(2)12(13(17)18-3)15-11(16)7-10-8-19-6-5-14-10/h9-10,12,14H,4-8H2,1-3H3,(H,15,16). The van der Waals surface area contributed by atoms with E-state index < -0.39 is 6.04 Å². The van der Waals surface area contributed by atoms with E-state index in [2.05, 4.69) is 10.6 Å². The van der Waals surface area contributed by atoms with Crippen molar-refractivity contribution in [2.45, 2.75) is 38.8 Å². The van der Waals surface area contributed by atoms with E-state index in [4.69, 9.17) is 4.74 Å². The summed E-state index contributed by atoms with van der Waals surface area (Å²) in [5.74, 6) is 1.66. The molecule has 2 N–H and O–H groups in total. The quantitative estimate of drug-likeness (QED) is 0.707. The molecule has 0 radical (unpaired) electrons. The molecule has 3 unspecified atom stereocenters. The van der Waals surface area contributed by atoms with E-state index >= 15 is 0 Å². The molecule has 1 aliphatic heterocycles. The minimum atomic E-state index is -0.543. The van der Waals surface area contributed by atoms with Gasteiger partial charge in [-0.3, -0.25) is 4.79 Å². The van der Waals surface area contributed by atoms with Crippen LogP contribution in [0.25, 0.3) is 0 Å². The number of esters is 1.